The maximum Gasteiger partial charge on any atom is 0.253 e. The molecule has 180 valence electrons. The highest BCUT2D eigenvalue weighted by atomic mass is 16.2. The fraction of sp³-hybridized carbons (Fsp3) is 0.333. The molecule has 0 N–H and O–H groups in total. The van der Waals surface area contributed by atoms with Crippen molar-refractivity contribution in [3.8, 4) is 6.07 Å². The number of carbonyl (C=O) groups is 1. The van der Waals surface area contributed by atoms with Gasteiger partial charge >= 0.3 is 0 Å². The zero-order chi connectivity index (χ0) is 24.6. The minimum absolute atomic E-state index is 0.0637. The Balaban J connectivity index is 1.56. The van der Waals surface area contributed by atoms with Gasteiger partial charge < -0.3 is 9.80 Å². The Morgan fingerprint density at radius 2 is 1.60 bits per heavy atom. The summed E-state index contributed by atoms with van der Waals surface area (Å²) < 4.78 is 0. The number of anilines is 2. The lowest BCUT2D eigenvalue weighted by atomic mass is 9.99. The zero-order valence-corrected chi connectivity index (χ0v) is 20.7. The van der Waals surface area contributed by atoms with Gasteiger partial charge in [-0.25, -0.2) is 0 Å². The Bertz CT molecular complexity index is 1140. The molecule has 1 fully saturated rings. The molecule has 1 heterocycles. The van der Waals surface area contributed by atoms with E-state index in [0.29, 0.717) is 30.3 Å². The number of nitrogens with zero attached hydrogens (tertiary/aromatic N) is 4. The molecule has 1 aliphatic rings. The summed E-state index contributed by atoms with van der Waals surface area (Å²) >= 11 is 0. The second kappa shape index (κ2) is 11.7. The topological polar surface area (TPSA) is 50.6 Å². The molecule has 0 aliphatic carbocycles. The molecule has 0 bridgehead atoms. The molecule has 35 heavy (non-hydrogen) atoms. The molecule has 0 unspecified atom stereocenters. The minimum atomic E-state index is 0.0637. The molecule has 3 aromatic rings. The van der Waals surface area contributed by atoms with Crippen molar-refractivity contribution in [2.75, 3.05) is 31.1 Å². The summed E-state index contributed by atoms with van der Waals surface area (Å²) in [6, 6.07) is 29.0. The average molecular weight is 467 g/mol. The van der Waals surface area contributed by atoms with E-state index in [1.54, 1.807) is 0 Å². The van der Waals surface area contributed by atoms with E-state index in [9.17, 15) is 10.1 Å². The van der Waals surface area contributed by atoms with Crippen LogP contribution in [0.5, 0.6) is 0 Å². The van der Waals surface area contributed by atoms with Crippen LogP contribution < -0.4 is 4.90 Å². The highest BCUT2D eigenvalue weighted by molar-refractivity contribution is 5.94. The van der Waals surface area contributed by atoms with E-state index in [0.717, 1.165) is 43.9 Å². The van der Waals surface area contributed by atoms with Crippen LogP contribution in [-0.2, 0) is 6.54 Å². The summed E-state index contributed by atoms with van der Waals surface area (Å²) in [6.07, 6.45) is 2.06. The lowest BCUT2D eigenvalue weighted by Crippen LogP contribution is -2.43. The van der Waals surface area contributed by atoms with Crippen LogP contribution in [0.25, 0.3) is 0 Å². The highest BCUT2D eigenvalue weighted by Crippen LogP contribution is 2.33. The molecule has 1 amide bonds. The summed E-state index contributed by atoms with van der Waals surface area (Å²) in [5, 5.41) is 9.48. The molecular formula is C30H34N4O. The van der Waals surface area contributed by atoms with Gasteiger partial charge in [0, 0.05) is 55.7 Å². The monoisotopic (exact) mass is 466 g/mol. The van der Waals surface area contributed by atoms with Gasteiger partial charge in [0.15, 0.2) is 0 Å². The second-order valence-electron chi connectivity index (χ2n) is 9.05. The van der Waals surface area contributed by atoms with Gasteiger partial charge in [-0.3, -0.25) is 9.69 Å². The van der Waals surface area contributed by atoms with E-state index in [1.807, 2.05) is 61.2 Å². The molecule has 0 atom stereocenters. The normalized spacial score (nSPS) is 14.3. The van der Waals surface area contributed by atoms with E-state index < -0.39 is 0 Å². The van der Waals surface area contributed by atoms with Crippen molar-refractivity contribution in [2.24, 2.45) is 0 Å². The molecule has 5 nitrogen and oxygen atoms in total. The van der Waals surface area contributed by atoms with Crippen LogP contribution in [0.1, 0.15) is 48.2 Å². The fourth-order valence-corrected chi connectivity index (χ4v) is 4.93. The van der Waals surface area contributed by atoms with Gasteiger partial charge in [-0.1, -0.05) is 36.4 Å². The first kappa shape index (κ1) is 24.5. The molecule has 3 aromatic carbocycles. The van der Waals surface area contributed by atoms with Crippen LogP contribution in [0, 0.1) is 11.3 Å². The quantitative estimate of drug-likeness (QED) is 0.418. The average Bonchev–Trinajstić information content (AvgIpc) is 2.91. The number of rotatable bonds is 8. The lowest BCUT2D eigenvalue weighted by molar-refractivity contribution is 0.0773. The van der Waals surface area contributed by atoms with Crippen molar-refractivity contribution in [1.29, 1.82) is 5.26 Å². The number of nitriles is 1. The maximum absolute atomic E-state index is 12.8. The molecule has 1 aliphatic heterocycles. The molecule has 0 spiro atoms. The third kappa shape index (κ3) is 5.90. The Kier molecular flexibility index (Phi) is 8.18. The smallest absolute Gasteiger partial charge is 0.253 e. The van der Waals surface area contributed by atoms with Crippen LogP contribution in [0.2, 0.25) is 0 Å². The summed E-state index contributed by atoms with van der Waals surface area (Å²) in [6.45, 7) is 8.42. The van der Waals surface area contributed by atoms with Crippen molar-refractivity contribution >= 4 is 17.3 Å². The van der Waals surface area contributed by atoms with Crippen molar-refractivity contribution in [2.45, 2.75) is 39.3 Å². The van der Waals surface area contributed by atoms with Gasteiger partial charge in [-0.15, -0.1) is 0 Å². The summed E-state index contributed by atoms with van der Waals surface area (Å²) in [5.74, 6) is 0.0637. The standard InChI is InChI=1S/C30H34N4O/c1-3-33(4-2)30(35)26-13-15-27(16-14-26)34(29-12-8-11-25(21-29)22-31)28-17-19-32(20-18-28)23-24-9-6-5-7-10-24/h5-16,21,28H,3-4,17-20,23H2,1-2H3. The van der Waals surface area contributed by atoms with Crippen LogP contribution in [-0.4, -0.2) is 47.9 Å². The van der Waals surface area contributed by atoms with Crippen molar-refractivity contribution in [3.63, 3.8) is 0 Å². The van der Waals surface area contributed by atoms with Gasteiger partial charge in [0.25, 0.3) is 5.91 Å². The number of hydrogen-bond donors (Lipinski definition) is 0. The Labute approximate surface area is 209 Å². The van der Waals surface area contributed by atoms with Gasteiger partial charge in [0.05, 0.1) is 11.6 Å². The molecule has 0 aromatic heterocycles. The van der Waals surface area contributed by atoms with E-state index in [1.165, 1.54) is 5.56 Å². The number of hydrogen-bond acceptors (Lipinski definition) is 4. The van der Waals surface area contributed by atoms with E-state index in [4.69, 9.17) is 0 Å². The van der Waals surface area contributed by atoms with E-state index >= 15 is 0 Å². The lowest BCUT2D eigenvalue weighted by Gasteiger charge is -2.40. The molecule has 0 radical (unpaired) electrons. The summed E-state index contributed by atoms with van der Waals surface area (Å²) in [7, 11) is 0. The van der Waals surface area contributed by atoms with Gasteiger partial charge in [0.1, 0.15) is 0 Å². The SMILES string of the molecule is CCN(CC)C(=O)c1ccc(N(c2cccc(C#N)c2)C2CCN(Cc3ccccc3)CC2)cc1. The highest BCUT2D eigenvalue weighted by Gasteiger charge is 2.27. The molecule has 1 saturated heterocycles. The Morgan fingerprint density at radius 1 is 0.914 bits per heavy atom. The predicted molar refractivity (Wildman–Crippen MR) is 142 cm³/mol. The van der Waals surface area contributed by atoms with Crippen molar-refractivity contribution < 1.29 is 4.79 Å². The van der Waals surface area contributed by atoms with Gasteiger partial charge in [0.2, 0.25) is 0 Å². The largest absolute Gasteiger partial charge is 0.339 e. The molecular weight excluding hydrogens is 432 g/mol. The summed E-state index contributed by atoms with van der Waals surface area (Å²) in [5.41, 5.74) is 4.78. The molecule has 4 rings (SSSR count). The number of carbonyl (C=O) groups excluding carboxylic acids is 1. The Hall–Kier alpha value is -3.62. The minimum Gasteiger partial charge on any atom is -0.339 e. The third-order valence-electron chi connectivity index (χ3n) is 6.87. The van der Waals surface area contributed by atoms with Crippen LogP contribution in [0.4, 0.5) is 11.4 Å². The van der Waals surface area contributed by atoms with Crippen LogP contribution in [0.3, 0.4) is 0 Å². The van der Waals surface area contributed by atoms with Crippen LogP contribution >= 0.6 is 0 Å². The fourth-order valence-electron chi connectivity index (χ4n) is 4.93. The first-order valence-corrected chi connectivity index (χ1v) is 12.6. The predicted octanol–water partition coefficient (Wildman–Crippen LogP) is 5.84. The van der Waals surface area contributed by atoms with E-state index in [-0.39, 0.29) is 5.91 Å². The zero-order valence-electron chi connectivity index (χ0n) is 20.7. The molecule has 5 heteroatoms. The van der Waals surface area contributed by atoms with E-state index in [2.05, 4.69) is 52.3 Å². The van der Waals surface area contributed by atoms with Crippen molar-refractivity contribution in [3.05, 3.63) is 95.6 Å². The van der Waals surface area contributed by atoms with Crippen molar-refractivity contribution in [1.82, 2.24) is 9.80 Å². The number of piperidine rings is 1. The number of amides is 1. The number of benzene rings is 3. The first-order chi connectivity index (χ1) is 17.1. The van der Waals surface area contributed by atoms with Gasteiger partial charge in [-0.2, -0.15) is 5.26 Å². The Morgan fingerprint density at radius 3 is 2.23 bits per heavy atom. The maximum atomic E-state index is 12.8. The first-order valence-electron chi connectivity index (χ1n) is 12.6. The third-order valence-corrected chi connectivity index (χ3v) is 6.87. The number of likely N-dealkylation sites (tertiary alicyclic amines) is 1. The summed E-state index contributed by atoms with van der Waals surface area (Å²) in [4.78, 5) is 19.5. The second-order valence-corrected chi connectivity index (χ2v) is 9.05. The van der Waals surface area contributed by atoms with Gasteiger partial charge in [-0.05, 0) is 74.7 Å². The van der Waals surface area contributed by atoms with Crippen LogP contribution in [0.15, 0.2) is 78.9 Å². The molecule has 0 saturated carbocycles.